The van der Waals surface area contributed by atoms with Gasteiger partial charge in [0, 0.05) is 58.4 Å². The molecule has 0 aliphatic carbocycles. The number of hydrogen-bond acceptors (Lipinski definition) is 12. The van der Waals surface area contributed by atoms with E-state index in [1.54, 1.807) is 18.5 Å². The van der Waals surface area contributed by atoms with Crippen molar-refractivity contribution in [3.05, 3.63) is 222 Å². The molecule has 1 saturated heterocycles. The van der Waals surface area contributed by atoms with E-state index in [0.717, 1.165) is 61.5 Å². The van der Waals surface area contributed by atoms with Gasteiger partial charge in [0.25, 0.3) is 0 Å². The van der Waals surface area contributed by atoms with Gasteiger partial charge in [0.1, 0.15) is 28.2 Å². The van der Waals surface area contributed by atoms with Crippen LogP contribution < -0.4 is 14.9 Å². The molecule has 1 aliphatic rings. The van der Waals surface area contributed by atoms with E-state index < -0.39 is 7.12 Å². The lowest BCUT2D eigenvalue weighted by atomic mass is 9.79. The van der Waals surface area contributed by atoms with Crippen LogP contribution in [0.4, 0.5) is 0 Å². The van der Waals surface area contributed by atoms with Crippen molar-refractivity contribution in [3.63, 3.8) is 0 Å². The first kappa shape index (κ1) is 65.7. The molecule has 14 heteroatoms. The van der Waals surface area contributed by atoms with Gasteiger partial charge < -0.3 is 29.0 Å². The van der Waals surface area contributed by atoms with E-state index in [-0.39, 0.29) is 44.4 Å². The molecule has 462 valence electrons. The van der Waals surface area contributed by atoms with Gasteiger partial charge in [-0.2, -0.15) is 0 Å². The lowest BCUT2D eigenvalue weighted by Gasteiger charge is -2.32. The van der Waals surface area contributed by atoms with Crippen molar-refractivity contribution in [2.24, 2.45) is 0 Å². The number of pyridine rings is 2. The lowest BCUT2D eigenvalue weighted by Crippen LogP contribution is -2.41. The zero-order valence-electron chi connectivity index (χ0n) is 54.6. The van der Waals surface area contributed by atoms with E-state index in [1.165, 1.54) is 0 Å². The molecule has 1 fully saturated rings. The highest BCUT2D eigenvalue weighted by Crippen LogP contribution is 2.45. The van der Waals surface area contributed by atoms with E-state index in [9.17, 15) is 10.2 Å². The van der Waals surface area contributed by atoms with Crippen molar-refractivity contribution >= 4 is 24.2 Å². The number of phenolic OH excluding ortho intramolecular Hbond substituents is 2. The first-order chi connectivity index (χ1) is 42.3. The molecule has 0 unspecified atom stereocenters. The molecule has 4 aromatic heterocycles. The van der Waals surface area contributed by atoms with Crippen LogP contribution >= 0.6 is 11.6 Å². The quantitative estimate of drug-likeness (QED) is 0.0989. The van der Waals surface area contributed by atoms with Gasteiger partial charge in [-0.25, -0.2) is 29.9 Å². The molecular weight excluding hydrogens is 1140 g/mol. The molecule has 90 heavy (non-hydrogen) atoms. The number of aromatic nitrogens is 6. The van der Waals surface area contributed by atoms with Gasteiger partial charge in [-0.1, -0.05) is 204 Å². The van der Waals surface area contributed by atoms with Crippen LogP contribution in [0.1, 0.15) is 133 Å². The minimum absolute atomic E-state index is 0.0801. The first-order valence-electron chi connectivity index (χ1n) is 30.4. The minimum Gasteiger partial charge on any atom is -0.507 e. The first-order valence-corrected chi connectivity index (χ1v) is 30.8. The molecule has 1 aliphatic heterocycles. The lowest BCUT2D eigenvalue weighted by molar-refractivity contribution is 0.00578. The number of rotatable bonds is 10. The smallest absolute Gasteiger partial charge is 0.494 e. The van der Waals surface area contributed by atoms with Crippen molar-refractivity contribution in [1.29, 1.82) is 0 Å². The van der Waals surface area contributed by atoms with Crippen LogP contribution in [0.2, 0.25) is 5.15 Å². The topological polar surface area (TPSA) is 155 Å². The third-order valence-electron chi connectivity index (χ3n) is 15.8. The second-order valence-electron chi connectivity index (χ2n) is 27.7. The highest BCUT2D eigenvalue weighted by molar-refractivity contribution is 6.62. The number of nitrogens with zero attached hydrogens (tertiary/aromatic N) is 6. The van der Waals surface area contributed by atoms with Crippen molar-refractivity contribution in [2.45, 2.75) is 144 Å². The van der Waals surface area contributed by atoms with Gasteiger partial charge in [-0.15, -0.1) is 0 Å². The van der Waals surface area contributed by atoms with Gasteiger partial charge in [0.2, 0.25) is 11.8 Å². The van der Waals surface area contributed by atoms with Gasteiger partial charge in [0.05, 0.1) is 39.4 Å². The Bertz CT molecular complexity index is 4090. The van der Waals surface area contributed by atoms with Crippen LogP contribution in [0.15, 0.2) is 194 Å². The van der Waals surface area contributed by atoms with E-state index in [4.69, 9.17) is 45.3 Å². The van der Waals surface area contributed by atoms with Crippen LogP contribution in [0.25, 0.3) is 56.5 Å². The second-order valence-corrected chi connectivity index (χ2v) is 28.0. The number of aromatic hydroxyl groups is 2. The summed E-state index contributed by atoms with van der Waals surface area (Å²) in [6.07, 6.45) is 3.40. The van der Waals surface area contributed by atoms with Gasteiger partial charge in [-0.05, 0) is 121 Å². The van der Waals surface area contributed by atoms with Crippen molar-refractivity contribution in [2.75, 3.05) is 0 Å². The molecule has 12 nitrogen and oxygen atoms in total. The Hall–Kier alpha value is -8.75. The summed E-state index contributed by atoms with van der Waals surface area (Å²) >= 11 is 6.33. The van der Waals surface area contributed by atoms with E-state index in [1.807, 2.05) is 191 Å². The molecule has 0 atom stereocenters. The molecule has 0 bridgehead atoms. The van der Waals surface area contributed by atoms with Crippen LogP contribution in [0.3, 0.4) is 0 Å². The summed E-state index contributed by atoms with van der Waals surface area (Å²) in [6.45, 7) is 33.8. The summed E-state index contributed by atoms with van der Waals surface area (Å²) in [7, 11) is -0.391. The fourth-order valence-corrected chi connectivity index (χ4v) is 10.0. The summed E-state index contributed by atoms with van der Waals surface area (Å²) in [6, 6.07) is 58.4. The molecule has 5 heterocycles. The Kier molecular flexibility index (Phi) is 19.3. The molecule has 0 saturated carbocycles. The minimum atomic E-state index is -0.391. The van der Waals surface area contributed by atoms with Gasteiger partial charge >= 0.3 is 7.12 Å². The van der Waals surface area contributed by atoms with Crippen LogP contribution in [0, 0.1) is 0 Å². The Labute approximate surface area is 537 Å². The zero-order chi connectivity index (χ0) is 65.0. The summed E-state index contributed by atoms with van der Waals surface area (Å²) in [5.74, 6) is 3.78. The number of hydrogen-bond donors (Lipinski definition) is 2. The number of halogens is 1. The highest BCUT2D eigenvalue weighted by Gasteiger charge is 2.51. The summed E-state index contributed by atoms with van der Waals surface area (Å²) < 4.78 is 23.9. The second kappa shape index (κ2) is 26.4. The largest absolute Gasteiger partial charge is 0.507 e. The Balaban J connectivity index is 0.000000168. The highest BCUT2D eigenvalue weighted by atomic mass is 35.5. The van der Waals surface area contributed by atoms with E-state index in [2.05, 4.69) is 110 Å². The van der Waals surface area contributed by atoms with Gasteiger partial charge in [0.15, 0.2) is 11.6 Å². The molecule has 0 spiro atoms. The molecule has 6 aromatic carbocycles. The SMILES string of the molecule is CC(C)(C)c1cc(-c2nc(-c3ccccc3)cc(-c3cccc(Oc4ccccn4)c3)n2)c(O)c(C(C)(C)C)c1.CC(C)(C)c1cc(-c2nc(Cl)cc(-c3ccccc3)n2)c(O)c(C(C)(C)C)c1.CC1(C)OB(c2cccc(Oc3ccccn3)c2)OC1(C)C. The summed E-state index contributed by atoms with van der Waals surface area (Å²) in [5, 5.41) is 23.0. The number of ether oxygens (including phenoxy) is 2. The third kappa shape index (κ3) is 16.0. The summed E-state index contributed by atoms with van der Waals surface area (Å²) in [5.41, 5.74) is 9.78. The fourth-order valence-electron chi connectivity index (χ4n) is 9.87. The Morgan fingerprint density at radius 1 is 0.411 bits per heavy atom. The van der Waals surface area contributed by atoms with E-state index >= 15 is 0 Å². The van der Waals surface area contributed by atoms with Gasteiger partial charge in [-0.3, -0.25) is 0 Å². The normalized spacial score (nSPS) is 13.8. The number of benzene rings is 6. The maximum Gasteiger partial charge on any atom is 0.494 e. The monoisotopic (exact) mass is 1220 g/mol. The third-order valence-corrected chi connectivity index (χ3v) is 16.0. The Morgan fingerprint density at radius 3 is 1.24 bits per heavy atom. The maximum absolute atomic E-state index is 11.6. The number of phenols is 2. The molecular formula is C76H82BClN6O6. The van der Waals surface area contributed by atoms with E-state index in [0.29, 0.717) is 51.2 Å². The van der Waals surface area contributed by atoms with Crippen molar-refractivity contribution < 1.29 is 29.0 Å². The maximum atomic E-state index is 11.6. The average molecular weight is 1220 g/mol. The predicted octanol–water partition coefficient (Wildman–Crippen LogP) is 18.9. The average Bonchev–Trinajstić information content (AvgIpc) is 1.09. The molecule has 10 aromatic rings. The fraction of sp³-hybridized carbons (Fsp3) is 0.289. The van der Waals surface area contributed by atoms with Crippen LogP contribution in [-0.2, 0) is 31.0 Å². The van der Waals surface area contributed by atoms with Crippen molar-refractivity contribution in [1.82, 2.24) is 29.9 Å². The molecule has 2 N–H and O–H groups in total. The van der Waals surface area contributed by atoms with Crippen LogP contribution in [-0.4, -0.2) is 58.4 Å². The van der Waals surface area contributed by atoms with Crippen LogP contribution in [0.5, 0.6) is 34.8 Å². The standard InChI is InChI=1S/C35H35N3O2.C24H27ClN2O.C17H20BNO3/c1-34(2,3)25-20-27(32(39)28(21-25)35(4,5)6)33-37-29(23-13-8-7-9-14-23)22-30(38-33)24-15-12-16-26(19-24)40-31-17-10-11-18-36-31;1-23(2,3)16-12-17(21(28)18(13-16)24(4,5)6)22-26-19(14-20(25)27-22)15-10-8-7-9-11-15;1-16(2)17(3,4)22-18(21-16)13-8-7-9-14(12-13)20-15-10-5-6-11-19-15/h7-22,39H,1-6H3;7-14,28H,1-6H3;5-12H,1-4H3. The molecule has 0 amide bonds. The molecule has 11 rings (SSSR count). The van der Waals surface area contributed by atoms with Crippen molar-refractivity contribution in [3.8, 4) is 91.3 Å². The zero-order valence-corrected chi connectivity index (χ0v) is 55.4. The predicted molar refractivity (Wildman–Crippen MR) is 365 cm³/mol. The molecule has 0 radical (unpaired) electrons. The summed E-state index contributed by atoms with van der Waals surface area (Å²) in [4.78, 5) is 27.6. The Morgan fingerprint density at radius 2 is 0.811 bits per heavy atom.